The van der Waals surface area contributed by atoms with E-state index in [1.165, 1.54) is 107 Å². The highest BCUT2D eigenvalue weighted by molar-refractivity contribution is 5.75. The molecule has 0 spiro atoms. The number of hydrogen-bond donors (Lipinski definition) is 0. The van der Waals surface area contributed by atoms with E-state index in [4.69, 9.17) is 4.74 Å². The van der Waals surface area contributed by atoms with Crippen LogP contribution in [0.4, 0.5) is 0 Å². The molecule has 2 aliphatic rings. The SMILES string of the molecule is CCCCCCCCCCOc1ccc(C2=CCC(C3CCC(CCC)CC3)C=C2)cc1. The van der Waals surface area contributed by atoms with Crippen LogP contribution in [-0.4, -0.2) is 6.61 Å². The van der Waals surface area contributed by atoms with Crippen molar-refractivity contribution in [1.82, 2.24) is 0 Å². The van der Waals surface area contributed by atoms with E-state index in [9.17, 15) is 0 Å². The maximum atomic E-state index is 5.98. The Labute approximate surface area is 198 Å². The van der Waals surface area contributed by atoms with Gasteiger partial charge >= 0.3 is 0 Å². The molecule has 1 atom stereocenters. The normalized spacial score (nSPS) is 23.2. The maximum Gasteiger partial charge on any atom is 0.119 e. The van der Waals surface area contributed by atoms with E-state index in [2.05, 4.69) is 56.3 Å². The molecule has 1 saturated carbocycles. The summed E-state index contributed by atoms with van der Waals surface area (Å²) in [5.74, 6) is 3.69. The average molecular weight is 437 g/mol. The van der Waals surface area contributed by atoms with Crippen LogP contribution in [0.3, 0.4) is 0 Å². The van der Waals surface area contributed by atoms with Crippen molar-refractivity contribution in [3.05, 3.63) is 48.1 Å². The quantitative estimate of drug-likeness (QED) is 0.264. The summed E-state index contributed by atoms with van der Waals surface area (Å²) in [7, 11) is 0. The van der Waals surface area contributed by atoms with E-state index in [0.717, 1.165) is 30.1 Å². The van der Waals surface area contributed by atoms with Gasteiger partial charge in [-0.05, 0) is 66.7 Å². The number of rotatable bonds is 14. The fourth-order valence-electron chi connectivity index (χ4n) is 5.68. The van der Waals surface area contributed by atoms with Crippen molar-refractivity contribution in [3.8, 4) is 5.75 Å². The summed E-state index contributed by atoms with van der Waals surface area (Å²) in [5, 5.41) is 0. The Morgan fingerprint density at radius 3 is 2.09 bits per heavy atom. The zero-order valence-corrected chi connectivity index (χ0v) is 21.0. The first-order chi connectivity index (χ1) is 15.8. The van der Waals surface area contributed by atoms with Gasteiger partial charge in [-0.1, -0.05) is 115 Å². The lowest BCUT2D eigenvalue weighted by molar-refractivity contribution is 0.221. The molecule has 0 bridgehead atoms. The molecular weight excluding hydrogens is 388 g/mol. The molecule has 0 aliphatic heterocycles. The highest BCUT2D eigenvalue weighted by atomic mass is 16.5. The first kappa shape index (κ1) is 25.1. The summed E-state index contributed by atoms with van der Waals surface area (Å²) >= 11 is 0. The lowest BCUT2D eigenvalue weighted by atomic mass is 9.72. The van der Waals surface area contributed by atoms with Crippen LogP contribution < -0.4 is 4.74 Å². The minimum atomic E-state index is 0.760. The van der Waals surface area contributed by atoms with E-state index in [1.54, 1.807) is 0 Å². The molecule has 0 N–H and O–H groups in total. The van der Waals surface area contributed by atoms with Gasteiger partial charge in [0.1, 0.15) is 5.75 Å². The van der Waals surface area contributed by atoms with Crippen LogP contribution in [0.25, 0.3) is 5.57 Å². The summed E-state index contributed by atoms with van der Waals surface area (Å²) in [5.41, 5.74) is 2.71. The van der Waals surface area contributed by atoms with Gasteiger partial charge in [-0.15, -0.1) is 0 Å². The standard InChI is InChI=1S/C31H48O/c1-3-5-6-7-8-9-10-11-25-32-31-23-21-30(22-24-31)29-19-17-28(18-20-29)27-15-13-26(12-4-2)14-16-27/h17,19-24,26-28H,3-16,18,25H2,1-2H3. The van der Waals surface area contributed by atoms with Crippen molar-refractivity contribution in [1.29, 1.82) is 0 Å². The van der Waals surface area contributed by atoms with Crippen LogP contribution in [0.1, 0.15) is 116 Å². The number of allylic oxidation sites excluding steroid dienone is 4. The van der Waals surface area contributed by atoms with Gasteiger partial charge in [-0.25, -0.2) is 0 Å². The molecule has 0 aromatic heterocycles. The predicted octanol–water partition coefficient (Wildman–Crippen LogP) is 9.77. The van der Waals surface area contributed by atoms with Crippen LogP contribution in [0.5, 0.6) is 5.75 Å². The third-order valence-electron chi connectivity index (χ3n) is 7.78. The van der Waals surface area contributed by atoms with Crippen LogP contribution in [0.2, 0.25) is 0 Å². The summed E-state index contributed by atoms with van der Waals surface area (Å²) in [6.07, 6.45) is 27.9. The predicted molar refractivity (Wildman–Crippen MR) is 140 cm³/mol. The van der Waals surface area contributed by atoms with Crippen LogP contribution in [0.15, 0.2) is 42.5 Å². The highest BCUT2D eigenvalue weighted by Crippen LogP contribution is 2.39. The van der Waals surface area contributed by atoms with Crippen molar-refractivity contribution in [2.45, 2.75) is 110 Å². The lowest BCUT2D eigenvalue weighted by Crippen LogP contribution is -2.21. The topological polar surface area (TPSA) is 9.23 Å². The molecule has 3 rings (SSSR count). The zero-order valence-electron chi connectivity index (χ0n) is 21.0. The second kappa shape index (κ2) is 14.6. The van der Waals surface area contributed by atoms with Crippen molar-refractivity contribution in [2.75, 3.05) is 6.61 Å². The Balaban J connectivity index is 1.33. The molecular formula is C31H48O. The monoisotopic (exact) mass is 436 g/mol. The van der Waals surface area contributed by atoms with Gasteiger partial charge in [0.15, 0.2) is 0 Å². The van der Waals surface area contributed by atoms with Crippen LogP contribution in [-0.2, 0) is 0 Å². The van der Waals surface area contributed by atoms with Crippen LogP contribution in [0, 0.1) is 17.8 Å². The Morgan fingerprint density at radius 1 is 0.781 bits per heavy atom. The first-order valence-electron chi connectivity index (χ1n) is 13.9. The van der Waals surface area contributed by atoms with Gasteiger partial charge in [0.05, 0.1) is 6.61 Å². The second-order valence-electron chi connectivity index (χ2n) is 10.3. The van der Waals surface area contributed by atoms with Gasteiger partial charge in [-0.2, -0.15) is 0 Å². The van der Waals surface area contributed by atoms with Crippen LogP contribution >= 0.6 is 0 Å². The molecule has 1 fully saturated rings. The molecule has 2 aliphatic carbocycles. The van der Waals surface area contributed by atoms with Gasteiger partial charge in [-0.3, -0.25) is 0 Å². The molecule has 32 heavy (non-hydrogen) atoms. The van der Waals surface area contributed by atoms with Gasteiger partial charge in [0.2, 0.25) is 0 Å². The first-order valence-corrected chi connectivity index (χ1v) is 13.9. The molecule has 1 heteroatoms. The molecule has 1 aromatic rings. The summed E-state index contributed by atoms with van der Waals surface area (Å²) in [4.78, 5) is 0. The number of benzene rings is 1. The molecule has 0 amide bonds. The summed E-state index contributed by atoms with van der Waals surface area (Å²) < 4.78 is 5.98. The summed E-state index contributed by atoms with van der Waals surface area (Å²) in [6.45, 7) is 5.46. The Kier molecular flexibility index (Phi) is 11.5. The van der Waals surface area contributed by atoms with Gasteiger partial charge in [0.25, 0.3) is 0 Å². The number of hydrogen-bond acceptors (Lipinski definition) is 1. The molecule has 178 valence electrons. The second-order valence-corrected chi connectivity index (χ2v) is 10.3. The van der Waals surface area contributed by atoms with E-state index in [0.29, 0.717) is 0 Å². The van der Waals surface area contributed by atoms with Crippen molar-refractivity contribution < 1.29 is 4.74 Å². The van der Waals surface area contributed by atoms with E-state index in [-0.39, 0.29) is 0 Å². The number of unbranched alkanes of at least 4 members (excludes halogenated alkanes) is 7. The molecule has 1 nitrogen and oxygen atoms in total. The van der Waals surface area contributed by atoms with E-state index < -0.39 is 0 Å². The van der Waals surface area contributed by atoms with E-state index >= 15 is 0 Å². The molecule has 0 heterocycles. The minimum Gasteiger partial charge on any atom is -0.494 e. The smallest absolute Gasteiger partial charge is 0.119 e. The molecule has 0 radical (unpaired) electrons. The molecule has 1 aromatic carbocycles. The molecule has 0 saturated heterocycles. The molecule has 1 unspecified atom stereocenters. The zero-order chi connectivity index (χ0) is 22.4. The fraction of sp³-hybridized carbons (Fsp3) is 0.677. The Bertz CT molecular complexity index is 675. The third kappa shape index (κ3) is 8.45. The number of ether oxygens (including phenoxy) is 1. The summed E-state index contributed by atoms with van der Waals surface area (Å²) in [6, 6.07) is 8.76. The maximum absolute atomic E-state index is 5.98. The largest absolute Gasteiger partial charge is 0.494 e. The minimum absolute atomic E-state index is 0.760. The van der Waals surface area contributed by atoms with Gasteiger partial charge < -0.3 is 4.74 Å². The van der Waals surface area contributed by atoms with Crippen molar-refractivity contribution in [3.63, 3.8) is 0 Å². The van der Waals surface area contributed by atoms with Crippen molar-refractivity contribution >= 4 is 5.57 Å². The lowest BCUT2D eigenvalue weighted by Gasteiger charge is -2.33. The van der Waals surface area contributed by atoms with Gasteiger partial charge in [0, 0.05) is 0 Å². The fourth-order valence-corrected chi connectivity index (χ4v) is 5.68. The average Bonchev–Trinajstić information content (AvgIpc) is 2.84. The third-order valence-corrected chi connectivity index (χ3v) is 7.78. The highest BCUT2D eigenvalue weighted by Gasteiger charge is 2.26. The van der Waals surface area contributed by atoms with E-state index in [1.807, 2.05) is 0 Å². The van der Waals surface area contributed by atoms with Crippen molar-refractivity contribution in [2.24, 2.45) is 17.8 Å². The Morgan fingerprint density at radius 2 is 1.47 bits per heavy atom. The Hall–Kier alpha value is -1.50.